The molecule has 2 N–H and O–H groups in total. The molecule has 0 radical (unpaired) electrons. The van der Waals surface area contributed by atoms with Crippen LogP contribution in [0.2, 0.25) is 0 Å². The van der Waals surface area contributed by atoms with Crippen LogP contribution in [0.25, 0.3) is 11.1 Å². The van der Waals surface area contributed by atoms with Crippen molar-refractivity contribution in [1.29, 1.82) is 0 Å². The smallest absolute Gasteiger partial charge is 0.429 e. The second kappa shape index (κ2) is 12.8. The van der Waals surface area contributed by atoms with Gasteiger partial charge in [-0.25, -0.2) is 19.4 Å². The molecule has 2 atom stereocenters. The Hall–Kier alpha value is -4.86. The zero-order valence-corrected chi connectivity index (χ0v) is 22.5. The van der Waals surface area contributed by atoms with Crippen LogP contribution in [-0.4, -0.2) is 54.9 Å². The molecule has 208 valence electrons. The highest BCUT2D eigenvalue weighted by Gasteiger charge is 2.32. The van der Waals surface area contributed by atoms with Gasteiger partial charge in [0.1, 0.15) is 19.3 Å². The Bertz CT molecular complexity index is 1330. The normalized spacial score (nSPS) is 13.2. The van der Waals surface area contributed by atoms with Crippen molar-refractivity contribution >= 4 is 24.1 Å². The molecule has 10 heteroatoms. The summed E-state index contributed by atoms with van der Waals surface area (Å²) >= 11 is 0. The summed E-state index contributed by atoms with van der Waals surface area (Å²) in [5.74, 6) is -1.67. The average Bonchev–Trinajstić information content (AvgIpc) is 3.30. The number of ether oxygens (including phenoxy) is 3. The summed E-state index contributed by atoms with van der Waals surface area (Å²) in [6.07, 6.45) is -1.77. The molecule has 1 aliphatic rings. The lowest BCUT2D eigenvalue weighted by Crippen LogP contribution is -2.58. The molecule has 3 aromatic rings. The molecule has 0 heterocycles. The summed E-state index contributed by atoms with van der Waals surface area (Å²) in [4.78, 5) is 50.4. The predicted octanol–water partition coefficient (Wildman–Crippen LogP) is 4.15. The van der Waals surface area contributed by atoms with Gasteiger partial charge in [0.15, 0.2) is 6.04 Å². The van der Waals surface area contributed by atoms with E-state index in [1.54, 1.807) is 24.3 Å². The Morgan fingerprint density at radius 2 is 1.40 bits per heavy atom. The molecule has 0 fully saturated rings. The minimum atomic E-state index is -1.20. The number of carbonyl (C=O) groups is 4. The second-order valence-corrected chi connectivity index (χ2v) is 9.28. The number of nitrogens with zero attached hydrogens (tertiary/aromatic N) is 1. The third-order valence-corrected chi connectivity index (χ3v) is 6.63. The Morgan fingerprint density at radius 1 is 0.825 bits per heavy atom. The first kappa shape index (κ1) is 28.2. The van der Waals surface area contributed by atoms with Crippen molar-refractivity contribution < 1.29 is 33.4 Å². The quantitative estimate of drug-likeness (QED) is 0.248. The van der Waals surface area contributed by atoms with Crippen LogP contribution >= 0.6 is 0 Å². The molecule has 0 aromatic heterocycles. The van der Waals surface area contributed by atoms with E-state index in [9.17, 15) is 19.2 Å². The Labute approximate surface area is 232 Å². The molecular weight excluding hydrogens is 514 g/mol. The maximum Gasteiger partial charge on any atom is 0.429 e. The van der Waals surface area contributed by atoms with Crippen molar-refractivity contribution in [1.82, 2.24) is 15.8 Å². The van der Waals surface area contributed by atoms with Crippen LogP contribution in [-0.2, 0) is 30.4 Å². The van der Waals surface area contributed by atoms with Gasteiger partial charge in [0.05, 0.1) is 7.11 Å². The number of alkyl carbamates (subject to hydrolysis) is 1. The number of fused-ring (bicyclic) bond motifs is 3. The number of amides is 3. The van der Waals surface area contributed by atoms with Crippen LogP contribution in [0, 0.1) is 0 Å². The number of hydrogen-bond acceptors (Lipinski definition) is 7. The van der Waals surface area contributed by atoms with Gasteiger partial charge in [-0.3, -0.25) is 10.2 Å². The summed E-state index contributed by atoms with van der Waals surface area (Å²) in [5.41, 5.74) is 7.38. The molecule has 10 nitrogen and oxygen atoms in total. The first-order chi connectivity index (χ1) is 19.3. The minimum Gasteiger partial charge on any atom is -0.467 e. The lowest BCUT2D eigenvalue weighted by atomic mass is 9.98. The van der Waals surface area contributed by atoms with Crippen LogP contribution in [0.1, 0.15) is 36.5 Å². The molecule has 4 rings (SSSR count). The van der Waals surface area contributed by atoms with Crippen molar-refractivity contribution in [3.05, 3.63) is 95.6 Å². The van der Waals surface area contributed by atoms with Gasteiger partial charge in [0.25, 0.3) is 5.91 Å². The topological polar surface area (TPSA) is 123 Å². The van der Waals surface area contributed by atoms with Gasteiger partial charge in [0.2, 0.25) is 0 Å². The Kier molecular flexibility index (Phi) is 9.00. The highest BCUT2D eigenvalue weighted by atomic mass is 16.6. The van der Waals surface area contributed by atoms with Crippen molar-refractivity contribution in [2.45, 2.75) is 38.5 Å². The maximum absolute atomic E-state index is 12.9. The highest BCUT2D eigenvalue weighted by Crippen LogP contribution is 2.44. The molecule has 0 saturated heterocycles. The number of carbonyl (C=O) groups excluding carboxylic acids is 4. The molecule has 40 heavy (non-hydrogen) atoms. The lowest BCUT2D eigenvalue weighted by Gasteiger charge is -2.28. The molecule has 0 aliphatic heterocycles. The molecule has 0 bridgehead atoms. The van der Waals surface area contributed by atoms with Gasteiger partial charge >= 0.3 is 18.2 Å². The van der Waals surface area contributed by atoms with Gasteiger partial charge in [-0.15, -0.1) is 0 Å². The fourth-order valence-corrected chi connectivity index (χ4v) is 4.46. The first-order valence-electron chi connectivity index (χ1n) is 12.8. The van der Waals surface area contributed by atoms with Gasteiger partial charge < -0.3 is 19.5 Å². The van der Waals surface area contributed by atoms with Crippen LogP contribution in [0.15, 0.2) is 78.9 Å². The SMILES string of the molecule is COC(=O)[C@@H](C)N(NC(=O)[C@@H](C)NC(=O)OCC1c2ccccc2-c2ccccc21)C(=O)OCc1ccccc1. The molecule has 0 unspecified atom stereocenters. The molecule has 1 aliphatic carbocycles. The first-order valence-corrected chi connectivity index (χ1v) is 12.8. The molecule has 0 spiro atoms. The van der Waals surface area contributed by atoms with E-state index >= 15 is 0 Å². The largest absolute Gasteiger partial charge is 0.467 e. The molecule has 0 saturated carbocycles. The average molecular weight is 546 g/mol. The fraction of sp³-hybridized carbons (Fsp3) is 0.267. The summed E-state index contributed by atoms with van der Waals surface area (Å²) in [6, 6.07) is 22.5. The van der Waals surface area contributed by atoms with E-state index in [2.05, 4.69) is 10.7 Å². The minimum absolute atomic E-state index is 0.0749. The van der Waals surface area contributed by atoms with E-state index < -0.39 is 36.1 Å². The number of methoxy groups -OCH3 is 1. The Balaban J connectivity index is 1.35. The van der Waals surface area contributed by atoms with E-state index in [0.717, 1.165) is 39.9 Å². The van der Waals surface area contributed by atoms with Crippen LogP contribution < -0.4 is 10.7 Å². The van der Waals surface area contributed by atoms with E-state index in [0.29, 0.717) is 0 Å². The van der Waals surface area contributed by atoms with Crippen molar-refractivity contribution in [2.75, 3.05) is 13.7 Å². The third-order valence-electron chi connectivity index (χ3n) is 6.63. The number of hydrogen-bond donors (Lipinski definition) is 2. The van der Waals surface area contributed by atoms with Crippen LogP contribution in [0.4, 0.5) is 9.59 Å². The Morgan fingerprint density at radius 3 is 2.00 bits per heavy atom. The van der Waals surface area contributed by atoms with E-state index in [-0.39, 0.29) is 19.1 Å². The molecule has 3 amide bonds. The zero-order chi connectivity index (χ0) is 28.6. The van der Waals surface area contributed by atoms with Gasteiger partial charge in [-0.1, -0.05) is 78.9 Å². The summed E-state index contributed by atoms with van der Waals surface area (Å²) in [5, 5.41) is 3.20. The lowest BCUT2D eigenvalue weighted by molar-refractivity contribution is -0.148. The summed E-state index contributed by atoms with van der Waals surface area (Å²) < 4.78 is 15.5. The summed E-state index contributed by atoms with van der Waals surface area (Å²) in [6.45, 7) is 2.80. The van der Waals surface area contributed by atoms with E-state index in [4.69, 9.17) is 14.2 Å². The van der Waals surface area contributed by atoms with Crippen molar-refractivity contribution in [3.63, 3.8) is 0 Å². The van der Waals surface area contributed by atoms with E-state index in [1.165, 1.54) is 13.8 Å². The highest BCUT2D eigenvalue weighted by molar-refractivity contribution is 5.88. The van der Waals surface area contributed by atoms with Gasteiger partial charge in [-0.2, -0.15) is 0 Å². The third kappa shape index (κ3) is 6.40. The number of benzene rings is 3. The molecular formula is C30H31N3O7. The number of hydrazine groups is 1. The molecule has 3 aromatic carbocycles. The predicted molar refractivity (Wildman–Crippen MR) is 146 cm³/mol. The van der Waals surface area contributed by atoms with Crippen LogP contribution in [0.3, 0.4) is 0 Å². The monoisotopic (exact) mass is 545 g/mol. The number of rotatable bonds is 8. The van der Waals surface area contributed by atoms with E-state index in [1.807, 2.05) is 54.6 Å². The zero-order valence-electron chi connectivity index (χ0n) is 22.5. The van der Waals surface area contributed by atoms with Crippen LogP contribution in [0.5, 0.6) is 0 Å². The number of esters is 1. The maximum atomic E-state index is 12.9. The summed E-state index contributed by atoms with van der Waals surface area (Å²) in [7, 11) is 1.16. The number of nitrogens with one attached hydrogen (secondary N) is 2. The van der Waals surface area contributed by atoms with Crippen molar-refractivity contribution in [3.8, 4) is 11.1 Å². The van der Waals surface area contributed by atoms with Crippen molar-refractivity contribution in [2.24, 2.45) is 0 Å². The fourth-order valence-electron chi connectivity index (χ4n) is 4.46. The van der Waals surface area contributed by atoms with Gasteiger partial charge in [0, 0.05) is 5.92 Å². The van der Waals surface area contributed by atoms with Gasteiger partial charge in [-0.05, 0) is 41.7 Å². The second-order valence-electron chi connectivity index (χ2n) is 9.28. The standard InChI is InChI=1S/C30H31N3O7/c1-19(27(34)32-33(20(2)28(35)38-3)30(37)40-17-21-11-5-4-6-12-21)31-29(36)39-18-26-24-15-9-7-13-22(24)23-14-8-10-16-25(23)26/h4-16,19-20,26H,17-18H2,1-3H3,(H,31,36)(H,32,34)/t19-,20-/m1/s1.